The predicted octanol–water partition coefficient (Wildman–Crippen LogP) is 8.13. The lowest BCUT2D eigenvalue weighted by atomic mass is 10.0. The molecule has 0 unspecified atom stereocenters. The zero-order chi connectivity index (χ0) is 25.5. The summed E-state index contributed by atoms with van der Waals surface area (Å²) >= 11 is 3.63. The van der Waals surface area contributed by atoms with Crippen LogP contribution in [0.3, 0.4) is 0 Å². The Balaban J connectivity index is 1.44. The molecule has 180 valence electrons. The topological polar surface area (TPSA) is 56.5 Å². The Bertz CT molecular complexity index is 1870. The van der Waals surface area contributed by atoms with E-state index in [0.717, 1.165) is 66.0 Å². The van der Waals surface area contributed by atoms with Gasteiger partial charge in [0.15, 0.2) is 0 Å². The molecule has 0 saturated heterocycles. The molecule has 0 N–H and O–H groups in total. The van der Waals surface area contributed by atoms with Crippen molar-refractivity contribution in [1.82, 2.24) is 24.5 Å². The molecule has 7 rings (SSSR count). The lowest BCUT2D eigenvalue weighted by molar-refractivity contribution is 1.14. The van der Waals surface area contributed by atoms with E-state index in [1.807, 2.05) is 48.7 Å². The molecule has 0 atom stereocenters. The lowest BCUT2D eigenvalue weighted by Crippen LogP contribution is -1.97. The molecule has 0 aliphatic heterocycles. The zero-order valence-corrected chi connectivity index (χ0v) is 21.7. The summed E-state index contributed by atoms with van der Waals surface area (Å²) in [6.45, 7) is 0. The van der Waals surface area contributed by atoms with E-state index in [0.29, 0.717) is 0 Å². The minimum Gasteiger partial charge on any atom is -0.294 e. The van der Waals surface area contributed by atoms with E-state index < -0.39 is 0 Å². The minimum atomic E-state index is 0.803. The molecule has 5 heterocycles. The number of nitrogens with zero attached hydrogens (tertiary/aromatic N) is 5. The van der Waals surface area contributed by atoms with Crippen molar-refractivity contribution in [2.24, 2.45) is 0 Å². The normalized spacial score (nSPS) is 11.3. The Morgan fingerprint density at radius 2 is 1.26 bits per heavy atom. The first kappa shape index (κ1) is 22.5. The number of hydrogen-bond acceptors (Lipinski definition) is 4. The van der Waals surface area contributed by atoms with Crippen LogP contribution in [-0.2, 0) is 0 Å². The molecule has 0 spiro atoms. The van der Waals surface area contributed by atoms with E-state index in [1.54, 1.807) is 12.4 Å². The monoisotopic (exact) mass is 553 g/mol. The fraction of sp³-hybridized carbons (Fsp3) is 0. The van der Waals surface area contributed by atoms with Gasteiger partial charge in [-0.2, -0.15) is 0 Å². The van der Waals surface area contributed by atoms with Gasteiger partial charge in [-0.15, -0.1) is 0 Å². The average Bonchev–Trinajstić information content (AvgIpc) is 3.31. The summed E-state index contributed by atoms with van der Waals surface area (Å²) in [6, 6.07) is 34.9. The van der Waals surface area contributed by atoms with Crippen molar-refractivity contribution < 1.29 is 0 Å². The van der Waals surface area contributed by atoms with Crippen LogP contribution in [-0.4, -0.2) is 24.5 Å². The van der Waals surface area contributed by atoms with Crippen LogP contribution in [0.1, 0.15) is 0 Å². The Labute approximate surface area is 227 Å². The first-order valence-corrected chi connectivity index (χ1v) is 13.0. The largest absolute Gasteiger partial charge is 0.294 e. The maximum atomic E-state index is 4.92. The summed E-state index contributed by atoms with van der Waals surface area (Å²) in [7, 11) is 0. The standard InChI is InChI=1S/C32H20BrN5/c33-23-12-13-31-26(20-23)25-9-6-16-36-32(25)38(31)24-8-5-7-21(17-24)22-18-29(27-10-1-3-14-34-27)37-30(19-22)28-11-2-4-15-35-28/h1-20H. The molecule has 5 nitrogen and oxygen atoms in total. The highest BCUT2D eigenvalue weighted by Gasteiger charge is 2.15. The van der Waals surface area contributed by atoms with E-state index >= 15 is 0 Å². The maximum Gasteiger partial charge on any atom is 0.145 e. The molecule has 7 aromatic rings. The van der Waals surface area contributed by atoms with Gasteiger partial charge in [0.25, 0.3) is 0 Å². The molecule has 0 saturated carbocycles. The summed E-state index contributed by atoms with van der Waals surface area (Å²) in [4.78, 5) is 18.8. The van der Waals surface area contributed by atoms with Crippen LogP contribution in [0.15, 0.2) is 126 Å². The molecule has 0 radical (unpaired) electrons. The van der Waals surface area contributed by atoms with Crippen LogP contribution in [0.2, 0.25) is 0 Å². The van der Waals surface area contributed by atoms with Crippen molar-refractivity contribution >= 4 is 37.9 Å². The van der Waals surface area contributed by atoms with Crippen molar-refractivity contribution in [1.29, 1.82) is 0 Å². The van der Waals surface area contributed by atoms with Gasteiger partial charge in [0, 0.05) is 39.5 Å². The van der Waals surface area contributed by atoms with E-state index in [4.69, 9.17) is 9.97 Å². The summed E-state index contributed by atoms with van der Waals surface area (Å²) in [6.07, 6.45) is 5.43. The quantitative estimate of drug-likeness (QED) is 0.221. The van der Waals surface area contributed by atoms with Crippen LogP contribution in [0.5, 0.6) is 0 Å². The second-order valence-electron chi connectivity index (χ2n) is 8.98. The second-order valence-corrected chi connectivity index (χ2v) is 9.89. The summed E-state index contributed by atoms with van der Waals surface area (Å²) in [5.41, 5.74) is 8.43. The Morgan fingerprint density at radius 1 is 0.526 bits per heavy atom. The SMILES string of the molecule is Brc1ccc2c(c1)c1cccnc1n2-c1cccc(-c2cc(-c3ccccn3)nc(-c3ccccn3)c2)c1. The van der Waals surface area contributed by atoms with Gasteiger partial charge in [-0.25, -0.2) is 9.97 Å². The van der Waals surface area contributed by atoms with Gasteiger partial charge in [-0.1, -0.05) is 40.2 Å². The van der Waals surface area contributed by atoms with Crippen molar-refractivity contribution in [2.45, 2.75) is 0 Å². The number of hydrogen-bond donors (Lipinski definition) is 0. The zero-order valence-electron chi connectivity index (χ0n) is 20.2. The number of benzene rings is 2. The van der Waals surface area contributed by atoms with Gasteiger partial charge in [0.1, 0.15) is 5.65 Å². The molecular weight excluding hydrogens is 534 g/mol. The van der Waals surface area contributed by atoms with Gasteiger partial charge in [-0.05, 0) is 90.0 Å². The van der Waals surface area contributed by atoms with Crippen LogP contribution >= 0.6 is 15.9 Å². The highest BCUT2D eigenvalue weighted by atomic mass is 79.9. The van der Waals surface area contributed by atoms with Crippen molar-refractivity contribution in [3.8, 4) is 39.6 Å². The van der Waals surface area contributed by atoms with Gasteiger partial charge in [0.05, 0.1) is 28.3 Å². The van der Waals surface area contributed by atoms with Crippen LogP contribution in [0, 0.1) is 0 Å². The number of fused-ring (bicyclic) bond motifs is 3. The van der Waals surface area contributed by atoms with Gasteiger partial charge in [-0.3, -0.25) is 14.5 Å². The van der Waals surface area contributed by atoms with Gasteiger partial charge < -0.3 is 0 Å². The minimum absolute atomic E-state index is 0.803. The van der Waals surface area contributed by atoms with E-state index in [2.05, 4.69) is 91.1 Å². The van der Waals surface area contributed by atoms with Crippen molar-refractivity contribution in [2.75, 3.05) is 0 Å². The molecule has 0 fully saturated rings. The Kier molecular flexibility index (Phi) is 5.52. The third-order valence-corrected chi connectivity index (χ3v) is 7.10. The van der Waals surface area contributed by atoms with Gasteiger partial charge in [0.2, 0.25) is 0 Å². The summed E-state index contributed by atoms with van der Waals surface area (Å²) in [5, 5.41) is 2.28. The number of pyridine rings is 4. The molecule has 0 amide bonds. The highest BCUT2D eigenvalue weighted by molar-refractivity contribution is 9.10. The summed E-state index contributed by atoms with van der Waals surface area (Å²) < 4.78 is 3.27. The summed E-state index contributed by atoms with van der Waals surface area (Å²) in [5.74, 6) is 0. The van der Waals surface area contributed by atoms with E-state index in [9.17, 15) is 0 Å². The predicted molar refractivity (Wildman–Crippen MR) is 156 cm³/mol. The Morgan fingerprint density at radius 3 is 1.97 bits per heavy atom. The number of rotatable bonds is 4. The van der Waals surface area contributed by atoms with E-state index in [-0.39, 0.29) is 0 Å². The molecule has 0 aliphatic rings. The molecule has 2 aromatic carbocycles. The van der Waals surface area contributed by atoms with Crippen molar-refractivity contribution in [3.05, 3.63) is 126 Å². The Hall–Kier alpha value is -4.68. The average molecular weight is 554 g/mol. The first-order valence-electron chi connectivity index (χ1n) is 12.2. The third kappa shape index (κ3) is 3.96. The molecule has 38 heavy (non-hydrogen) atoms. The van der Waals surface area contributed by atoms with Crippen molar-refractivity contribution in [3.63, 3.8) is 0 Å². The molecule has 0 aliphatic carbocycles. The van der Waals surface area contributed by atoms with Crippen LogP contribution in [0.4, 0.5) is 0 Å². The van der Waals surface area contributed by atoms with E-state index in [1.165, 1.54) is 0 Å². The number of aromatic nitrogens is 5. The number of halogens is 1. The first-order chi connectivity index (χ1) is 18.7. The van der Waals surface area contributed by atoms with Gasteiger partial charge >= 0.3 is 0 Å². The molecule has 6 heteroatoms. The maximum absolute atomic E-state index is 4.92. The van der Waals surface area contributed by atoms with Crippen LogP contribution in [0.25, 0.3) is 61.5 Å². The molecular formula is C32H20BrN5. The van der Waals surface area contributed by atoms with Crippen LogP contribution < -0.4 is 0 Å². The molecule has 5 aromatic heterocycles. The third-order valence-electron chi connectivity index (χ3n) is 6.61. The highest BCUT2D eigenvalue weighted by Crippen LogP contribution is 2.35. The fourth-order valence-corrected chi connectivity index (χ4v) is 5.25. The molecule has 0 bridgehead atoms. The fourth-order valence-electron chi connectivity index (χ4n) is 4.89. The lowest BCUT2D eigenvalue weighted by Gasteiger charge is -2.12. The second kappa shape index (κ2) is 9.32. The smallest absolute Gasteiger partial charge is 0.145 e.